The number of aryl methyl sites for hydroxylation is 2. The van der Waals surface area contributed by atoms with Crippen LogP contribution in [-0.4, -0.2) is 39.0 Å². The third-order valence-corrected chi connectivity index (χ3v) is 9.33. The van der Waals surface area contributed by atoms with Crippen molar-refractivity contribution in [1.82, 2.24) is 39.0 Å². The lowest BCUT2D eigenvalue weighted by molar-refractivity contribution is -0.138. The van der Waals surface area contributed by atoms with Crippen LogP contribution in [0.5, 0.6) is 0 Å². The zero-order chi connectivity index (χ0) is 42.9. The van der Waals surface area contributed by atoms with Gasteiger partial charge in [-0.2, -0.15) is 46.3 Å². The molecule has 0 amide bonds. The van der Waals surface area contributed by atoms with Crippen LogP contribution in [0.3, 0.4) is 0 Å². The average Bonchev–Trinajstić information content (AvgIpc) is 3.75. The van der Waals surface area contributed by atoms with Crippen molar-refractivity contribution < 1.29 is 26.3 Å². The Morgan fingerprint density at radius 2 is 0.950 bits per heavy atom. The molecule has 4 aromatic carbocycles. The van der Waals surface area contributed by atoms with Crippen LogP contribution in [0.2, 0.25) is 10.0 Å². The van der Waals surface area contributed by atoms with Crippen molar-refractivity contribution in [2.24, 2.45) is 0 Å². The molecule has 0 spiro atoms. The highest BCUT2D eigenvalue weighted by molar-refractivity contribution is 6.31. The van der Waals surface area contributed by atoms with E-state index >= 15 is 0 Å². The summed E-state index contributed by atoms with van der Waals surface area (Å²) >= 11 is 12.2. The van der Waals surface area contributed by atoms with Gasteiger partial charge in [0.25, 0.3) is 0 Å². The molecule has 308 valence electrons. The van der Waals surface area contributed by atoms with Crippen molar-refractivity contribution in [3.05, 3.63) is 130 Å². The van der Waals surface area contributed by atoms with Crippen LogP contribution in [0.1, 0.15) is 36.6 Å². The van der Waals surface area contributed by atoms with Crippen molar-refractivity contribution in [3.63, 3.8) is 0 Å². The predicted octanol–water partition coefficient (Wildman–Crippen LogP) is 10.8. The third-order valence-electron chi connectivity index (χ3n) is 8.86. The fourth-order valence-corrected chi connectivity index (χ4v) is 6.51. The molecule has 4 heterocycles. The molecule has 12 nitrogen and oxygen atoms in total. The lowest BCUT2D eigenvalue weighted by atomic mass is 10.2. The monoisotopic (exact) mass is 864 g/mol. The molecule has 0 saturated carbocycles. The minimum atomic E-state index is -4.40. The standard InChI is InChI=1S/2C20H16ClF3N6/c1-2-17-27-14-9-12(21)5-8-15(14)30(17)18-10-16(25)28-19(29-18)26-13-6-3-11(4-7-13)20(22,23)24;1-2-17-27-14-8-5-12(21)9-15(14)30(17)18-10-16(25)28-19(29-18)26-13-6-3-11(4-7-13)20(22,23)24/h2*3-10H,2H2,1H3,(H3,25,26,28,29). The van der Waals surface area contributed by atoms with Crippen molar-refractivity contribution in [2.45, 2.75) is 39.0 Å². The van der Waals surface area contributed by atoms with Crippen LogP contribution in [0.15, 0.2) is 97.1 Å². The van der Waals surface area contributed by atoms with Gasteiger partial charge in [0.2, 0.25) is 11.9 Å². The smallest absolute Gasteiger partial charge is 0.383 e. The number of hydrogen-bond donors (Lipinski definition) is 4. The summed E-state index contributed by atoms with van der Waals surface area (Å²) in [5.74, 6) is 3.17. The van der Waals surface area contributed by atoms with Crippen LogP contribution >= 0.6 is 23.2 Å². The topological polar surface area (TPSA) is 163 Å². The number of benzene rings is 4. The summed E-state index contributed by atoms with van der Waals surface area (Å²) in [4.78, 5) is 26.4. The first-order chi connectivity index (χ1) is 28.5. The number of nitrogens with zero attached hydrogens (tertiary/aromatic N) is 8. The van der Waals surface area contributed by atoms with E-state index in [4.69, 9.17) is 34.7 Å². The first-order valence-electron chi connectivity index (χ1n) is 18.0. The maximum absolute atomic E-state index is 12.8. The maximum Gasteiger partial charge on any atom is 0.416 e. The highest BCUT2D eigenvalue weighted by Crippen LogP contribution is 2.33. The van der Waals surface area contributed by atoms with Crippen molar-refractivity contribution >= 4 is 80.2 Å². The molecule has 8 rings (SSSR count). The molecular formula is C40H32Cl2F6N12. The normalized spacial score (nSPS) is 11.8. The van der Waals surface area contributed by atoms with Gasteiger partial charge in [0, 0.05) is 46.4 Å². The number of imidazole rings is 2. The number of nitrogens with two attached hydrogens (primary N) is 2. The second kappa shape index (κ2) is 16.5. The zero-order valence-corrected chi connectivity index (χ0v) is 32.9. The van der Waals surface area contributed by atoms with Gasteiger partial charge in [0.05, 0.1) is 33.2 Å². The number of rotatable bonds is 8. The lowest BCUT2D eigenvalue weighted by Crippen LogP contribution is -2.08. The molecule has 60 heavy (non-hydrogen) atoms. The molecule has 0 aliphatic carbocycles. The zero-order valence-electron chi connectivity index (χ0n) is 31.4. The minimum absolute atomic E-state index is 0.149. The highest BCUT2D eigenvalue weighted by atomic mass is 35.5. The van der Waals surface area contributed by atoms with Gasteiger partial charge in [-0.3, -0.25) is 9.13 Å². The second-order valence-corrected chi connectivity index (χ2v) is 13.9. The van der Waals surface area contributed by atoms with E-state index in [9.17, 15) is 26.3 Å². The average molecular weight is 866 g/mol. The molecule has 0 aliphatic heterocycles. The molecule has 0 saturated heterocycles. The van der Waals surface area contributed by atoms with Crippen molar-refractivity contribution in [2.75, 3.05) is 22.1 Å². The van der Waals surface area contributed by atoms with Gasteiger partial charge in [-0.15, -0.1) is 0 Å². The molecule has 0 bridgehead atoms. The van der Waals surface area contributed by atoms with E-state index in [-0.39, 0.29) is 23.5 Å². The summed E-state index contributed by atoms with van der Waals surface area (Å²) in [7, 11) is 0. The Hall–Kier alpha value is -6.66. The van der Waals surface area contributed by atoms with E-state index in [1.165, 1.54) is 24.3 Å². The van der Waals surface area contributed by atoms with Crippen molar-refractivity contribution in [3.8, 4) is 11.6 Å². The fourth-order valence-electron chi connectivity index (χ4n) is 6.18. The van der Waals surface area contributed by atoms with Crippen LogP contribution in [0.25, 0.3) is 33.7 Å². The molecule has 0 atom stereocenters. The molecule has 0 fully saturated rings. The van der Waals surface area contributed by atoms with Gasteiger partial charge in [-0.25, -0.2) is 9.97 Å². The fraction of sp³-hybridized carbons (Fsp3) is 0.150. The van der Waals surface area contributed by atoms with E-state index in [0.717, 1.165) is 52.5 Å². The summed E-state index contributed by atoms with van der Waals surface area (Å²) in [6, 6.07) is 23.1. The SMILES string of the molecule is CCc1nc2cc(Cl)ccc2n1-c1cc(N)nc(Nc2ccc(C(F)(F)F)cc2)n1.CCc1nc2ccc(Cl)cc2n1-c1cc(N)nc(Nc2ccc(C(F)(F)F)cc2)n1. The molecule has 4 aromatic heterocycles. The predicted molar refractivity (Wildman–Crippen MR) is 220 cm³/mol. The van der Waals surface area contributed by atoms with Gasteiger partial charge in [0.15, 0.2) is 0 Å². The van der Waals surface area contributed by atoms with Gasteiger partial charge < -0.3 is 22.1 Å². The van der Waals surface area contributed by atoms with E-state index < -0.39 is 23.5 Å². The molecule has 0 unspecified atom stereocenters. The van der Waals surface area contributed by atoms with Gasteiger partial charge in [-0.1, -0.05) is 37.0 Å². The number of hydrogen-bond acceptors (Lipinski definition) is 10. The molecule has 0 radical (unpaired) electrons. The number of alkyl halides is 6. The molecule has 6 N–H and O–H groups in total. The first-order valence-corrected chi connectivity index (χ1v) is 18.8. The van der Waals surface area contributed by atoms with E-state index in [1.807, 2.05) is 35.1 Å². The second-order valence-electron chi connectivity index (χ2n) is 13.0. The minimum Gasteiger partial charge on any atom is -0.383 e. The van der Waals surface area contributed by atoms with Gasteiger partial charge >= 0.3 is 12.4 Å². The third kappa shape index (κ3) is 9.14. The molecular weight excluding hydrogens is 833 g/mol. The summed E-state index contributed by atoms with van der Waals surface area (Å²) < 4.78 is 80.2. The Kier molecular flexibility index (Phi) is 11.4. The van der Waals surface area contributed by atoms with E-state index in [1.54, 1.807) is 36.4 Å². The Morgan fingerprint density at radius 3 is 1.42 bits per heavy atom. The largest absolute Gasteiger partial charge is 0.416 e. The molecule has 20 heteroatoms. The summed E-state index contributed by atoms with van der Waals surface area (Å²) in [5, 5.41) is 6.91. The van der Waals surface area contributed by atoms with E-state index in [0.29, 0.717) is 51.4 Å². The van der Waals surface area contributed by atoms with Crippen LogP contribution < -0.4 is 22.1 Å². The summed E-state index contributed by atoms with van der Waals surface area (Å²) in [6.07, 6.45) is -7.53. The highest BCUT2D eigenvalue weighted by Gasteiger charge is 2.31. The molecule has 0 aliphatic rings. The van der Waals surface area contributed by atoms with Crippen molar-refractivity contribution in [1.29, 1.82) is 0 Å². The number of nitrogen functional groups attached to an aromatic ring is 2. The number of aromatic nitrogens is 8. The number of nitrogens with one attached hydrogen (secondary N) is 2. The van der Waals surface area contributed by atoms with Crippen LogP contribution in [0, 0.1) is 0 Å². The Labute approximate surface area is 347 Å². The Bertz CT molecular complexity index is 2820. The Balaban J connectivity index is 0.000000181. The van der Waals surface area contributed by atoms with Gasteiger partial charge in [0.1, 0.15) is 34.9 Å². The summed E-state index contributed by atoms with van der Waals surface area (Å²) in [6.45, 7) is 3.93. The van der Waals surface area contributed by atoms with Gasteiger partial charge in [-0.05, 0) is 84.9 Å². The first kappa shape index (κ1) is 41.5. The van der Waals surface area contributed by atoms with Crippen LogP contribution in [-0.2, 0) is 25.2 Å². The number of anilines is 6. The Morgan fingerprint density at radius 1 is 0.517 bits per heavy atom. The van der Waals surface area contributed by atoms with Crippen LogP contribution in [0.4, 0.5) is 61.2 Å². The number of fused-ring (bicyclic) bond motifs is 2. The quantitative estimate of drug-likeness (QED) is 0.108. The number of halogens is 8. The van der Waals surface area contributed by atoms with E-state index in [2.05, 4.69) is 40.5 Å². The lowest BCUT2D eigenvalue weighted by Gasteiger charge is -2.12. The maximum atomic E-state index is 12.8. The summed E-state index contributed by atoms with van der Waals surface area (Å²) in [5.41, 5.74) is 14.3. The molecule has 8 aromatic rings.